The summed E-state index contributed by atoms with van der Waals surface area (Å²) in [5, 5.41) is 2.57. The Morgan fingerprint density at radius 1 is 1.09 bits per heavy atom. The van der Waals surface area contributed by atoms with Gasteiger partial charge in [0, 0.05) is 59.7 Å². The predicted molar refractivity (Wildman–Crippen MR) is 166 cm³/mol. The van der Waals surface area contributed by atoms with Crippen LogP contribution in [-0.2, 0) is 24.3 Å². The van der Waals surface area contributed by atoms with Gasteiger partial charge in [-0.3, -0.25) is 20.4 Å². The molecule has 2 saturated heterocycles. The molecule has 4 rings (SSSR count). The van der Waals surface area contributed by atoms with Crippen molar-refractivity contribution < 1.29 is 31.9 Å². The lowest BCUT2D eigenvalue weighted by Gasteiger charge is -2.38. The summed E-state index contributed by atoms with van der Waals surface area (Å²) < 4.78 is 51.8. The van der Waals surface area contributed by atoms with Gasteiger partial charge in [-0.05, 0) is 76.2 Å². The van der Waals surface area contributed by atoms with Crippen LogP contribution < -0.4 is 15.6 Å². The van der Waals surface area contributed by atoms with Gasteiger partial charge in [-0.2, -0.15) is 0 Å². The van der Waals surface area contributed by atoms with Crippen LogP contribution in [0.2, 0.25) is 0 Å². The highest BCUT2D eigenvalue weighted by atomic mass is 35.5. The molecule has 15 heteroatoms. The molecule has 2 saturated carbocycles. The van der Waals surface area contributed by atoms with Crippen molar-refractivity contribution in [3.8, 4) is 0 Å². The van der Waals surface area contributed by atoms with Gasteiger partial charge in [-0.1, -0.05) is 0 Å². The summed E-state index contributed by atoms with van der Waals surface area (Å²) in [5.74, 6) is -1.90. The van der Waals surface area contributed by atoms with Gasteiger partial charge in [0.05, 0.1) is 29.8 Å². The number of hydrazine groups is 1. The number of amides is 3. The van der Waals surface area contributed by atoms with E-state index < -0.39 is 33.4 Å². The minimum atomic E-state index is -3.94. The number of likely N-dealkylation sites (N-methyl/N-ethyl adjacent to an activating group) is 1. The molecule has 12 nitrogen and oxygen atoms in total. The molecule has 4 fully saturated rings. The van der Waals surface area contributed by atoms with Gasteiger partial charge >= 0.3 is 6.03 Å². The molecule has 6 unspecified atom stereocenters. The zero-order valence-electron chi connectivity index (χ0n) is 26.4. The second-order valence-corrected chi connectivity index (χ2v) is 15.6. The number of halogens is 2. The molecular formula is C29H52ClFN6O6S. The van der Waals surface area contributed by atoms with Crippen LogP contribution in [0.5, 0.6) is 0 Å². The fourth-order valence-electron chi connectivity index (χ4n) is 7.33. The lowest BCUT2D eigenvalue weighted by molar-refractivity contribution is -0.129. The van der Waals surface area contributed by atoms with Crippen LogP contribution in [0, 0.1) is 23.7 Å². The lowest BCUT2D eigenvalue weighted by atomic mass is 9.76. The second kappa shape index (κ2) is 16.5. The first-order valence-corrected chi connectivity index (χ1v) is 18.1. The molecule has 2 heterocycles. The molecule has 44 heavy (non-hydrogen) atoms. The number of alkyl halides is 2. The van der Waals surface area contributed by atoms with Crippen molar-refractivity contribution in [1.82, 2.24) is 30.3 Å². The number of methoxy groups -OCH3 is 2. The maximum Gasteiger partial charge on any atom is 0.320 e. The fourth-order valence-corrected chi connectivity index (χ4v) is 8.97. The first-order chi connectivity index (χ1) is 21.0. The number of rotatable bonds is 12. The van der Waals surface area contributed by atoms with Gasteiger partial charge in [0.15, 0.2) is 0 Å². The number of ether oxygens (including phenoxy) is 2. The number of likely N-dealkylation sites (tertiary alicyclic amines) is 1. The minimum absolute atomic E-state index is 0.0106. The summed E-state index contributed by atoms with van der Waals surface area (Å²) >= 11 is 6.31. The average molecular weight is 667 g/mol. The minimum Gasteiger partial charge on any atom is -0.383 e. The molecule has 3 N–H and O–H groups in total. The molecule has 254 valence electrons. The molecule has 0 aromatic rings. The molecule has 6 atom stereocenters. The molecular weight excluding hydrogens is 615 g/mol. The smallest absolute Gasteiger partial charge is 0.320 e. The van der Waals surface area contributed by atoms with Gasteiger partial charge < -0.3 is 19.3 Å². The SMILES string of the molecule is COCCN(CC1CCC(OC)CC1)C(=O)N1CCCC(CS(=O)(=O)NNC(=O)C2CC(C3CN(C)CN3)CC(Cl)C2F)C1. The number of hydrogen-bond acceptors (Lipinski definition) is 8. The van der Waals surface area contributed by atoms with E-state index in [2.05, 4.69) is 20.5 Å². The van der Waals surface area contributed by atoms with Crippen LogP contribution in [0.3, 0.4) is 0 Å². The summed E-state index contributed by atoms with van der Waals surface area (Å²) in [6.45, 7) is 3.91. The third-order valence-electron chi connectivity index (χ3n) is 9.87. The maximum atomic E-state index is 15.0. The van der Waals surface area contributed by atoms with Crippen LogP contribution in [0.1, 0.15) is 51.4 Å². The van der Waals surface area contributed by atoms with E-state index in [0.29, 0.717) is 58.0 Å². The Labute approximate surface area is 267 Å². The van der Waals surface area contributed by atoms with E-state index in [-0.39, 0.29) is 42.2 Å². The number of hydrogen-bond donors (Lipinski definition) is 3. The Morgan fingerprint density at radius 3 is 2.50 bits per heavy atom. The average Bonchev–Trinajstić information content (AvgIpc) is 3.45. The van der Waals surface area contributed by atoms with E-state index in [0.717, 1.165) is 38.9 Å². The Balaban J connectivity index is 1.28. The highest BCUT2D eigenvalue weighted by Crippen LogP contribution is 2.37. The standard InChI is InChI=1S/C29H52ClFN6O6S/c1-35-17-26(32-19-35)22-13-24(27(31)25(30)14-22)28(38)33-34-44(40,41)18-21-5-4-10-36(16-21)29(39)37(11-12-42-2)15-20-6-8-23(43-3)9-7-20/h20-27,32,34H,4-19H2,1-3H3,(H,33,38). The van der Waals surface area contributed by atoms with Crippen molar-refractivity contribution in [2.24, 2.45) is 23.7 Å². The zero-order valence-corrected chi connectivity index (χ0v) is 28.0. The predicted octanol–water partition coefficient (Wildman–Crippen LogP) is 1.76. The van der Waals surface area contributed by atoms with Crippen molar-refractivity contribution >= 4 is 33.6 Å². The Kier molecular flexibility index (Phi) is 13.3. The number of nitrogens with zero attached hydrogens (tertiary/aromatic N) is 3. The van der Waals surface area contributed by atoms with Crippen molar-refractivity contribution in [1.29, 1.82) is 0 Å². The third-order valence-corrected chi connectivity index (χ3v) is 11.6. The summed E-state index contributed by atoms with van der Waals surface area (Å²) in [6, 6.07) is 0.00694. The number of piperidine rings is 1. The fraction of sp³-hybridized carbons (Fsp3) is 0.931. The zero-order chi connectivity index (χ0) is 31.9. The van der Waals surface area contributed by atoms with Gasteiger partial charge in [0.1, 0.15) is 6.17 Å². The van der Waals surface area contributed by atoms with Gasteiger partial charge in [0.25, 0.3) is 0 Å². The number of sulfonamides is 1. The van der Waals surface area contributed by atoms with Crippen molar-refractivity contribution in [2.45, 2.75) is 75.1 Å². The van der Waals surface area contributed by atoms with E-state index in [1.54, 1.807) is 19.1 Å². The van der Waals surface area contributed by atoms with Crippen LogP contribution in [-0.4, -0.2) is 132 Å². The van der Waals surface area contributed by atoms with E-state index in [1.165, 1.54) is 0 Å². The molecule has 2 aliphatic heterocycles. The number of carbonyl (C=O) groups is 2. The lowest BCUT2D eigenvalue weighted by Crippen LogP contribution is -2.53. The normalized spacial score (nSPS) is 33.7. The summed E-state index contributed by atoms with van der Waals surface area (Å²) in [7, 11) is 1.40. The number of urea groups is 1. The first-order valence-electron chi connectivity index (χ1n) is 16.0. The maximum absolute atomic E-state index is 15.0. The monoisotopic (exact) mass is 666 g/mol. The molecule has 0 aromatic carbocycles. The molecule has 3 amide bonds. The van der Waals surface area contributed by atoms with Crippen molar-refractivity contribution in [2.75, 3.05) is 73.0 Å². The Hall–Kier alpha value is -1.29. The van der Waals surface area contributed by atoms with Crippen molar-refractivity contribution in [3.63, 3.8) is 0 Å². The molecule has 0 aromatic heterocycles. The van der Waals surface area contributed by atoms with Crippen molar-refractivity contribution in [3.05, 3.63) is 0 Å². The Morgan fingerprint density at radius 2 is 1.84 bits per heavy atom. The molecule has 0 spiro atoms. The largest absolute Gasteiger partial charge is 0.383 e. The van der Waals surface area contributed by atoms with Crippen LogP contribution in [0.4, 0.5) is 9.18 Å². The van der Waals surface area contributed by atoms with Crippen LogP contribution in [0.25, 0.3) is 0 Å². The Bertz CT molecular complexity index is 1050. The highest BCUT2D eigenvalue weighted by Gasteiger charge is 2.44. The topological polar surface area (TPSA) is 133 Å². The van der Waals surface area contributed by atoms with Crippen LogP contribution >= 0.6 is 11.6 Å². The molecule has 0 radical (unpaired) electrons. The van der Waals surface area contributed by atoms with E-state index in [9.17, 15) is 18.0 Å². The first kappa shape index (κ1) is 35.6. The van der Waals surface area contributed by atoms with E-state index >= 15 is 4.39 Å². The number of carbonyl (C=O) groups excluding carboxylic acids is 2. The summed E-state index contributed by atoms with van der Waals surface area (Å²) in [6.07, 6.45) is 4.75. The summed E-state index contributed by atoms with van der Waals surface area (Å²) in [5.41, 5.74) is 2.26. The summed E-state index contributed by atoms with van der Waals surface area (Å²) in [4.78, 5) is 34.4. The van der Waals surface area contributed by atoms with E-state index in [4.69, 9.17) is 21.1 Å². The van der Waals surface area contributed by atoms with Gasteiger partial charge in [-0.15, -0.1) is 16.4 Å². The second-order valence-electron chi connectivity index (χ2n) is 13.2. The number of nitrogens with one attached hydrogen (secondary N) is 3. The molecule has 0 bridgehead atoms. The molecule has 2 aliphatic carbocycles. The quantitative estimate of drug-likeness (QED) is 0.212. The van der Waals surface area contributed by atoms with Gasteiger partial charge in [-0.25, -0.2) is 17.6 Å². The third kappa shape index (κ3) is 9.85. The van der Waals surface area contributed by atoms with Crippen LogP contribution in [0.15, 0.2) is 0 Å². The van der Waals surface area contributed by atoms with E-state index in [1.807, 2.05) is 11.9 Å². The highest BCUT2D eigenvalue weighted by molar-refractivity contribution is 7.89. The molecule has 4 aliphatic rings. The van der Waals surface area contributed by atoms with Gasteiger partial charge in [0.2, 0.25) is 15.9 Å².